The van der Waals surface area contributed by atoms with E-state index in [4.69, 9.17) is 4.74 Å². The summed E-state index contributed by atoms with van der Waals surface area (Å²) in [5.41, 5.74) is 2.15. The lowest BCUT2D eigenvalue weighted by Gasteiger charge is -2.11. The molecule has 0 bridgehead atoms. The van der Waals surface area contributed by atoms with E-state index in [1.165, 1.54) is 12.1 Å². The zero-order chi connectivity index (χ0) is 18.3. The second kappa shape index (κ2) is 6.27. The quantitative estimate of drug-likeness (QED) is 0.380. The average Bonchev–Trinajstić information content (AvgIpc) is 3.04. The summed E-state index contributed by atoms with van der Waals surface area (Å²) < 4.78 is 6.88. The Bertz CT molecular complexity index is 1120. The van der Waals surface area contributed by atoms with Gasteiger partial charge in [0.2, 0.25) is 0 Å². The molecule has 0 atom stereocenters. The maximum atomic E-state index is 9.81. The van der Waals surface area contributed by atoms with Gasteiger partial charge in [-0.25, -0.2) is 4.68 Å². The molecule has 7 heteroatoms. The van der Waals surface area contributed by atoms with Crippen molar-refractivity contribution in [2.75, 3.05) is 7.11 Å². The van der Waals surface area contributed by atoms with Gasteiger partial charge >= 0.3 is 0 Å². The molecule has 26 heavy (non-hydrogen) atoms. The molecule has 1 heterocycles. The molecular weight excluding hydrogens is 350 g/mol. The van der Waals surface area contributed by atoms with Crippen molar-refractivity contribution in [1.29, 1.82) is 0 Å². The smallest absolute Gasteiger partial charge is 0.159 e. The summed E-state index contributed by atoms with van der Waals surface area (Å²) >= 11 is 4.46. The lowest BCUT2D eigenvalue weighted by molar-refractivity contribution is 0.403. The van der Waals surface area contributed by atoms with Crippen LogP contribution in [0.15, 0.2) is 59.6 Å². The summed E-state index contributed by atoms with van der Waals surface area (Å²) in [6.45, 7) is 0. The lowest BCUT2D eigenvalue weighted by Crippen LogP contribution is -2.00. The maximum Gasteiger partial charge on any atom is 0.159 e. The van der Waals surface area contributed by atoms with Crippen LogP contribution in [0, 0.1) is 0 Å². The fourth-order valence-corrected chi connectivity index (χ4v) is 3.18. The van der Waals surface area contributed by atoms with Gasteiger partial charge in [0.25, 0.3) is 0 Å². The van der Waals surface area contributed by atoms with E-state index in [1.54, 1.807) is 17.9 Å². The molecule has 2 N–H and O–H groups in total. The Kier molecular flexibility index (Phi) is 3.93. The second-order valence-corrected chi connectivity index (χ2v) is 6.16. The van der Waals surface area contributed by atoms with Gasteiger partial charge in [-0.3, -0.25) is 0 Å². The van der Waals surface area contributed by atoms with Gasteiger partial charge in [0.15, 0.2) is 11.5 Å². The van der Waals surface area contributed by atoms with Gasteiger partial charge in [-0.05, 0) is 35.0 Å². The van der Waals surface area contributed by atoms with Gasteiger partial charge < -0.3 is 14.9 Å². The van der Waals surface area contributed by atoms with Gasteiger partial charge in [0, 0.05) is 11.6 Å². The number of hydrogen-bond acceptors (Lipinski definition) is 6. The van der Waals surface area contributed by atoms with Gasteiger partial charge in [-0.1, -0.05) is 29.5 Å². The van der Waals surface area contributed by atoms with Crippen LogP contribution in [-0.4, -0.2) is 32.3 Å². The van der Waals surface area contributed by atoms with E-state index in [1.807, 2.05) is 36.4 Å². The van der Waals surface area contributed by atoms with Crippen LogP contribution in [0.25, 0.3) is 27.7 Å². The Labute approximate surface area is 154 Å². The van der Waals surface area contributed by atoms with Gasteiger partial charge in [-0.2, -0.15) is 0 Å². The zero-order valence-electron chi connectivity index (χ0n) is 13.8. The molecule has 0 amide bonds. The molecule has 0 aliphatic rings. The van der Waals surface area contributed by atoms with Crippen molar-refractivity contribution in [3.05, 3.63) is 54.6 Å². The summed E-state index contributed by atoms with van der Waals surface area (Å²) in [4.78, 5) is 0. The molecule has 4 rings (SSSR count). The van der Waals surface area contributed by atoms with E-state index in [0.29, 0.717) is 16.4 Å². The van der Waals surface area contributed by atoms with E-state index >= 15 is 0 Å². The van der Waals surface area contributed by atoms with Crippen molar-refractivity contribution >= 4 is 23.4 Å². The number of fused-ring (bicyclic) bond motifs is 1. The highest BCUT2D eigenvalue weighted by molar-refractivity contribution is 7.80. The van der Waals surface area contributed by atoms with Gasteiger partial charge in [0.05, 0.1) is 12.8 Å². The maximum absolute atomic E-state index is 9.81. The zero-order valence-corrected chi connectivity index (χ0v) is 14.7. The van der Waals surface area contributed by atoms with Crippen LogP contribution in [0.4, 0.5) is 0 Å². The number of ether oxygens (including phenoxy) is 1. The second-order valence-electron chi connectivity index (χ2n) is 5.74. The van der Waals surface area contributed by atoms with Crippen LogP contribution in [0.3, 0.4) is 0 Å². The highest BCUT2D eigenvalue weighted by Crippen LogP contribution is 2.35. The average molecular weight is 365 g/mol. The molecule has 4 aromatic rings. The van der Waals surface area contributed by atoms with Crippen LogP contribution in [0.5, 0.6) is 17.2 Å². The predicted octanol–water partition coefficient (Wildman–Crippen LogP) is 3.80. The minimum absolute atomic E-state index is 0.196. The highest BCUT2D eigenvalue weighted by Gasteiger charge is 2.17. The number of phenols is 2. The van der Waals surface area contributed by atoms with Crippen LogP contribution in [0.1, 0.15) is 0 Å². The van der Waals surface area contributed by atoms with E-state index in [-0.39, 0.29) is 11.5 Å². The summed E-state index contributed by atoms with van der Waals surface area (Å²) in [7, 11) is 1.63. The third-order valence-corrected chi connectivity index (χ3v) is 4.50. The molecule has 1 aromatic heterocycles. The summed E-state index contributed by atoms with van der Waals surface area (Å²) in [5.74, 6) is 0.349. The van der Waals surface area contributed by atoms with E-state index in [9.17, 15) is 10.2 Å². The molecule has 6 nitrogen and oxygen atoms in total. The van der Waals surface area contributed by atoms with Gasteiger partial charge in [-0.15, -0.1) is 17.7 Å². The van der Waals surface area contributed by atoms with Crippen LogP contribution >= 0.6 is 12.6 Å². The Morgan fingerprint density at radius 3 is 2.62 bits per heavy atom. The molecule has 0 fully saturated rings. The predicted molar refractivity (Wildman–Crippen MR) is 101 cm³/mol. The van der Waals surface area contributed by atoms with Crippen LogP contribution < -0.4 is 4.74 Å². The van der Waals surface area contributed by atoms with Crippen molar-refractivity contribution < 1.29 is 14.9 Å². The number of thiol groups is 1. The third-order valence-electron chi connectivity index (χ3n) is 4.20. The fourth-order valence-electron chi connectivity index (χ4n) is 2.93. The number of aromatic nitrogens is 3. The largest absolute Gasteiger partial charge is 0.504 e. The molecule has 0 aliphatic carbocycles. The number of rotatable bonds is 3. The number of aromatic hydroxyl groups is 2. The monoisotopic (exact) mass is 365 g/mol. The van der Waals surface area contributed by atoms with Crippen molar-refractivity contribution in [3.63, 3.8) is 0 Å². The first kappa shape index (κ1) is 16.3. The van der Waals surface area contributed by atoms with Crippen LogP contribution in [0.2, 0.25) is 0 Å². The molecule has 0 radical (unpaired) electrons. The summed E-state index contributed by atoms with van der Waals surface area (Å²) in [6.07, 6.45) is 0. The minimum Gasteiger partial charge on any atom is -0.504 e. The topological polar surface area (TPSA) is 80.4 Å². The number of methoxy groups -OCH3 is 1. The molecule has 3 aromatic carbocycles. The van der Waals surface area contributed by atoms with Crippen molar-refractivity contribution in [3.8, 4) is 34.2 Å². The standard InChI is InChI=1S/C19H15N3O3S/c1-25-13-6-7-14-11(9-13)3-2-4-15(14)18-19(26)20-21-22(18)12-5-8-16(23)17(24)10-12/h2-10,23-24,26H,1H3. The Morgan fingerprint density at radius 2 is 1.85 bits per heavy atom. The van der Waals surface area contributed by atoms with E-state index in [2.05, 4.69) is 22.9 Å². The van der Waals surface area contributed by atoms with E-state index in [0.717, 1.165) is 22.1 Å². The third kappa shape index (κ3) is 2.62. The highest BCUT2D eigenvalue weighted by atomic mass is 32.1. The first-order valence-corrected chi connectivity index (χ1v) is 8.27. The summed E-state index contributed by atoms with van der Waals surface area (Å²) in [5, 5.41) is 30.0. The Morgan fingerprint density at radius 1 is 1.00 bits per heavy atom. The Balaban J connectivity index is 1.96. The normalized spacial score (nSPS) is 11.0. The molecule has 0 saturated carbocycles. The molecule has 0 saturated heterocycles. The number of hydrogen-bond donors (Lipinski definition) is 3. The number of nitrogens with zero attached hydrogens (tertiary/aromatic N) is 3. The first-order valence-electron chi connectivity index (χ1n) is 7.82. The van der Waals surface area contributed by atoms with Crippen molar-refractivity contribution in [1.82, 2.24) is 15.0 Å². The first-order chi connectivity index (χ1) is 12.6. The van der Waals surface area contributed by atoms with Gasteiger partial charge in [0.1, 0.15) is 16.5 Å². The minimum atomic E-state index is -0.229. The van der Waals surface area contributed by atoms with Crippen molar-refractivity contribution in [2.24, 2.45) is 0 Å². The summed E-state index contributed by atoms with van der Waals surface area (Å²) in [6, 6.07) is 16.2. The number of benzene rings is 3. The lowest BCUT2D eigenvalue weighted by atomic mass is 10.0. The molecule has 0 aliphatic heterocycles. The SMILES string of the molecule is COc1ccc2c(-c3c(S)nnn3-c3ccc(O)c(O)c3)cccc2c1. The van der Waals surface area contributed by atoms with Crippen LogP contribution in [-0.2, 0) is 0 Å². The molecule has 0 spiro atoms. The number of phenolic OH excluding ortho intramolecular Hbond substituents is 2. The Hall–Kier alpha value is -3.19. The molecule has 130 valence electrons. The van der Waals surface area contributed by atoms with Crippen molar-refractivity contribution in [2.45, 2.75) is 5.03 Å². The fraction of sp³-hybridized carbons (Fsp3) is 0.0526. The molecule has 0 unspecified atom stereocenters. The molecular formula is C19H15N3O3S. The van der Waals surface area contributed by atoms with E-state index < -0.39 is 0 Å².